The fourth-order valence-corrected chi connectivity index (χ4v) is 1.14. The van der Waals surface area contributed by atoms with Gasteiger partial charge in [-0.1, -0.05) is 6.92 Å². The van der Waals surface area contributed by atoms with Crippen molar-refractivity contribution in [2.24, 2.45) is 0 Å². The van der Waals surface area contributed by atoms with E-state index in [2.05, 4.69) is 0 Å². The van der Waals surface area contributed by atoms with E-state index in [-0.39, 0.29) is 6.42 Å². The maximum absolute atomic E-state index is 12.1. The van der Waals surface area contributed by atoms with E-state index in [9.17, 15) is 13.2 Å². The Kier molecular flexibility index (Phi) is 6.51. The van der Waals surface area contributed by atoms with Crippen LogP contribution in [0.25, 0.3) is 0 Å². The van der Waals surface area contributed by atoms with Gasteiger partial charge in [0.15, 0.2) is 5.83 Å². The van der Waals surface area contributed by atoms with E-state index >= 15 is 0 Å². The van der Waals surface area contributed by atoms with Crippen molar-refractivity contribution in [1.82, 2.24) is 0 Å². The molecule has 0 unspecified atom stereocenters. The van der Waals surface area contributed by atoms with Crippen LogP contribution in [0.3, 0.4) is 0 Å². The number of thioether (sulfide) groups is 1. The third kappa shape index (κ3) is 6.28. The van der Waals surface area contributed by atoms with Crippen LogP contribution >= 0.6 is 11.8 Å². The molecule has 0 heterocycles. The van der Waals surface area contributed by atoms with Crippen LogP contribution in [0.4, 0.5) is 13.2 Å². The topological polar surface area (TPSA) is 0 Å². The van der Waals surface area contributed by atoms with Crippen molar-refractivity contribution in [3.05, 3.63) is 17.7 Å². The molecule has 0 spiro atoms. The first-order valence-electron chi connectivity index (χ1n) is 3.31. The summed E-state index contributed by atoms with van der Waals surface area (Å²) >= 11 is 1.37. The summed E-state index contributed by atoms with van der Waals surface area (Å²) < 4.78 is 34.9. The Balaban J connectivity index is 3.32. The van der Waals surface area contributed by atoms with Crippen molar-refractivity contribution >= 4 is 11.8 Å². The molecule has 0 fully saturated rings. The van der Waals surface area contributed by atoms with E-state index in [0.717, 1.165) is 6.42 Å². The third-order valence-electron chi connectivity index (χ3n) is 0.929. The first-order chi connectivity index (χ1) is 5.18. The van der Waals surface area contributed by atoms with Crippen molar-refractivity contribution in [1.29, 1.82) is 0 Å². The molecule has 0 aromatic rings. The monoisotopic (exact) mass is 183 g/mol. The zero-order valence-corrected chi connectivity index (χ0v) is 7.06. The second kappa shape index (κ2) is 6.58. The lowest BCUT2D eigenvalue weighted by atomic mass is 10.4. The van der Waals surface area contributed by atoms with Gasteiger partial charge >= 0.3 is 6.08 Å². The first-order valence-corrected chi connectivity index (χ1v) is 4.36. The smallest absolute Gasteiger partial charge is 0.206 e. The largest absolute Gasteiger partial charge is 0.301 e. The lowest BCUT2D eigenvalue weighted by molar-refractivity contribution is 0.373. The Bertz CT molecular complexity index is 130. The van der Waals surface area contributed by atoms with Crippen molar-refractivity contribution < 1.29 is 13.2 Å². The second-order valence-electron chi connectivity index (χ2n) is 1.86. The average molecular weight is 183 g/mol. The van der Waals surface area contributed by atoms with E-state index in [1.807, 2.05) is 12.7 Å². The molecule has 0 aliphatic rings. The Hall–Kier alpha value is -0.120. The van der Waals surface area contributed by atoms with E-state index in [0.29, 0.717) is 5.75 Å². The second-order valence-corrected chi connectivity index (χ2v) is 2.94. The van der Waals surface area contributed by atoms with Crippen molar-refractivity contribution in [2.75, 3.05) is 5.75 Å². The number of allylic oxidation sites excluding steroid dienone is 1. The molecular weight excluding hydrogens is 173 g/mol. The van der Waals surface area contributed by atoms with Crippen LogP contribution < -0.4 is 0 Å². The van der Waals surface area contributed by atoms with Crippen molar-refractivity contribution in [3.63, 3.8) is 0 Å². The maximum atomic E-state index is 12.1. The molecule has 1 radical (unpaired) electrons. The average Bonchev–Trinajstić information content (AvgIpc) is 1.97. The van der Waals surface area contributed by atoms with E-state index in [1.165, 1.54) is 11.8 Å². The molecule has 0 bridgehead atoms. The zero-order chi connectivity index (χ0) is 8.69. The highest BCUT2D eigenvalue weighted by atomic mass is 32.2. The van der Waals surface area contributed by atoms with Crippen LogP contribution in [-0.2, 0) is 0 Å². The molecule has 0 atom stereocenters. The Morgan fingerprint density at radius 1 is 1.36 bits per heavy atom. The lowest BCUT2D eigenvalue weighted by Crippen LogP contribution is -1.81. The summed E-state index contributed by atoms with van der Waals surface area (Å²) in [6, 6.07) is 0. The van der Waals surface area contributed by atoms with Gasteiger partial charge in [0.2, 0.25) is 0 Å². The Morgan fingerprint density at radius 2 is 2.00 bits per heavy atom. The number of hydrogen-bond donors (Lipinski definition) is 0. The van der Waals surface area contributed by atoms with Crippen LogP contribution in [0.5, 0.6) is 0 Å². The molecule has 65 valence electrons. The quantitative estimate of drug-likeness (QED) is 0.585. The SMILES string of the molecule is CC[CH]SCCC(F)=C(F)F. The maximum Gasteiger partial charge on any atom is 0.301 e. The van der Waals surface area contributed by atoms with Gasteiger partial charge in [-0.2, -0.15) is 20.5 Å². The summed E-state index contributed by atoms with van der Waals surface area (Å²) in [5.74, 6) is 0.961. The van der Waals surface area contributed by atoms with Crippen LogP contribution in [0, 0.1) is 5.75 Å². The standard InChI is InChI=1S/C7H10F3S/c1-2-4-11-5-3-6(8)7(9)10/h4H,2-3,5H2,1H3. The van der Waals surface area contributed by atoms with Gasteiger partial charge in [0, 0.05) is 17.9 Å². The van der Waals surface area contributed by atoms with Gasteiger partial charge in [-0.25, -0.2) is 4.39 Å². The summed E-state index contributed by atoms with van der Waals surface area (Å²) in [5, 5.41) is 0. The predicted octanol–water partition coefficient (Wildman–Crippen LogP) is 3.76. The van der Waals surface area contributed by atoms with E-state index in [4.69, 9.17) is 0 Å². The van der Waals surface area contributed by atoms with Crippen molar-refractivity contribution in [3.8, 4) is 0 Å². The molecule has 0 saturated carbocycles. The van der Waals surface area contributed by atoms with E-state index < -0.39 is 11.9 Å². The summed E-state index contributed by atoms with van der Waals surface area (Å²) in [6.07, 6.45) is -1.50. The number of halogens is 3. The van der Waals surface area contributed by atoms with Gasteiger partial charge in [0.05, 0.1) is 0 Å². The lowest BCUT2D eigenvalue weighted by Gasteiger charge is -1.95. The fraction of sp³-hybridized carbons (Fsp3) is 0.571. The minimum atomic E-state index is -2.19. The summed E-state index contributed by atoms with van der Waals surface area (Å²) in [4.78, 5) is 0. The van der Waals surface area contributed by atoms with Gasteiger partial charge in [-0.05, 0) is 6.42 Å². The first kappa shape index (κ1) is 10.9. The van der Waals surface area contributed by atoms with Gasteiger partial charge in [-0.3, -0.25) is 0 Å². The number of rotatable bonds is 5. The van der Waals surface area contributed by atoms with Crippen LogP contribution in [0.1, 0.15) is 19.8 Å². The highest BCUT2D eigenvalue weighted by molar-refractivity contribution is 8.01. The molecule has 0 rings (SSSR count). The third-order valence-corrected chi connectivity index (χ3v) is 1.94. The highest BCUT2D eigenvalue weighted by Crippen LogP contribution is 2.17. The molecule has 0 saturated heterocycles. The minimum Gasteiger partial charge on any atom is -0.206 e. The molecule has 0 aromatic carbocycles. The molecule has 0 aliphatic carbocycles. The van der Waals surface area contributed by atoms with Gasteiger partial charge in [0.1, 0.15) is 0 Å². The van der Waals surface area contributed by atoms with Crippen LogP contribution in [0.15, 0.2) is 11.9 Å². The Morgan fingerprint density at radius 3 is 2.45 bits per heavy atom. The summed E-state index contributed by atoms with van der Waals surface area (Å²) in [5.41, 5.74) is 0. The zero-order valence-electron chi connectivity index (χ0n) is 6.24. The molecule has 11 heavy (non-hydrogen) atoms. The summed E-state index contributed by atoms with van der Waals surface area (Å²) in [7, 11) is 0. The number of hydrogen-bond acceptors (Lipinski definition) is 1. The molecule has 4 heteroatoms. The molecule has 0 aromatic heterocycles. The molecule has 0 nitrogen and oxygen atoms in total. The fourth-order valence-electron chi connectivity index (χ4n) is 0.444. The van der Waals surface area contributed by atoms with Gasteiger partial charge < -0.3 is 0 Å². The molecule has 0 amide bonds. The van der Waals surface area contributed by atoms with Crippen LogP contribution in [0.2, 0.25) is 0 Å². The van der Waals surface area contributed by atoms with Crippen LogP contribution in [-0.4, -0.2) is 5.75 Å². The predicted molar refractivity (Wildman–Crippen MR) is 42.0 cm³/mol. The minimum absolute atomic E-state index is 0.177. The van der Waals surface area contributed by atoms with E-state index in [1.54, 1.807) is 0 Å². The van der Waals surface area contributed by atoms with Gasteiger partial charge in [0.25, 0.3) is 0 Å². The normalized spacial score (nSPS) is 9.82. The van der Waals surface area contributed by atoms with Crippen molar-refractivity contribution in [2.45, 2.75) is 19.8 Å². The summed E-state index contributed by atoms with van der Waals surface area (Å²) in [6.45, 7) is 1.94. The van der Waals surface area contributed by atoms with Gasteiger partial charge in [-0.15, -0.1) is 0 Å². The molecular formula is C7H10F3S. The Labute approximate surface area is 68.9 Å². The highest BCUT2D eigenvalue weighted by Gasteiger charge is 2.03. The molecule has 0 N–H and O–H groups in total. The molecule has 0 aliphatic heterocycles.